The van der Waals surface area contributed by atoms with Gasteiger partial charge in [-0.3, -0.25) is 4.79 Å². The second-order valence-corrected chi connectivity index (χ2v) is 7.35. The lowest BCUT2D eigenvalue weighted by Crippen LogP contribution is -2.44. The summed E-state index contributed by atoms with van der Waals surface area (Å²) in [4.78, 5) is 12.6. The number of benzene rings is 2. The summed E-state index contributed by atoms with van der Waals surface area (Å²) in [6, 6.07) is 15.7. The van der Waals surface area contributed by atoms with E-state index in [9.17, 15) is 4.79 Å². The molecule has 3 rings (SSSR count). The average molecular weight is 372 g/mol. The van der Waals surface area contributed by atoms with Crippen molar-refractivity contribution in [1.29, 1.82) is 0 Å². The summed E-state index contributed by atoms with van der Waals surface area (Å²) < 4.78 is 6.31. The van der Waals surface area contributed by atoms with Crippen LogP contribution in [0.2, 0.25) is 5.02 Å². The molecule has 1 unspecified atom stereocenters. The molecule has 0 saturated heterocycles. The number of nitrogens with one attached hydrogen (secondary N) is 1. The number of rotatable bonds is 6. The molecule has 3 nitrogen and oxygen atoms in total. The van der Waals surface area contributed by atoms with Gasteiger partial charge in [0.05, 0.1) is 6.04 Å². The third-order valence-corrected chi connectivity index (χ3v) is 5.77. The molecule has 138 valence electrons. The number of halogens is 1. The number of carbonyl (C=O) groups is 1. The Morgan fingerprint density at radius 1 is 1.15 bits per heavy atom. The number of fused-ring (bicyclic) bond motifs is 1. The second kappa shape index (κ2) is 8.13. The fraction of sp³-hybridized carbons (Fsp3) is 0.409. The molecule has 1 atom stereocenters. The van der Waals surface area contributed by atoms with Crippen LogP contribution in [-0.2, 0) is 11.2 Å². The van der Waals surface area contributed by atoms with E-state index in [1.165, 1.54) is 0 Å². The largest absolute Gasteiger partial charge is 0.487 e. The Morgan fingerprint density at radius 2 is 1.85 bits per heavy atom. The normalized spacial score (nSPS) is 17.9. The Hall–Kier alpha value is -2.00. The van der Waals surface area contributed by atoms with Crippen LogP contribution in [0, 0.1) is 0 Å². The highest BCUT2D eigenvalue weighted by Gasteiger charge is 2.38. The van der Waals surface area contributed by atoms with Crippen molar-refractivity contribution in [1.82, 2.24) is 5.32 Å². The molecule has 0 fully saturated rings. The van der Waals surface area contributed by atoms with E-state index in [4.69, 9.17) is 16.3 Å². The molecule has 4 heteroatoms. The highest BCUT2D eigenvalue weighted by molar-refractivity contribution is 6.31. The van der Waals surface area contributed by atoms with Gasteiger partial charge in [0.1, 0.15) is 11.4 Å². The Balaban J connectivity index is 1.71. The fourth-order valence-corrected chi connectivity index (χ4v) is 3.88. The number of hydrogen-bond donors (Lipinski definition) is 1. The van der Waals surface area contributed by atoms with E-state index < -0.39 is 0 Å². The minimum atomic E-state index is -0.213. The Bertz CT molecular complexity index is 770. The molecule has 0 saturated carbocycles. The Labute approximate surface area is 160 Å². The summed E-state index contributed by atoms with van der Waals surface area (Å²) >= 11 is 6.19. The van der Waals surface area contributed by atoms with Gasteiger partial charge in [-0.05, 0) is 37.0 Å². The molecular formula is C22H26ClNO2. The van der Waals surface area contributed by atoms with Crippen molar-refractivity contribution in [2.75, 3.05) is 0 Å². The van der Waals surface area contributed by atoms with E-state index in [0.717, 1.165) is 36.1 Å². The van der Waals surface area contributed by atoms with Crippen LogP contribution >= 0.6 is 11.6 Å². The predicted molar refractivity (Wildman–Crippen MR) is 106 cm³/mol. The van der Waals surface area contributed by atoms with Gasteiger partial charge in [-0.2, -0.15) is 0 Å². The molecule has 0 aliphatic carbocycles. The van der Waals surface area contributed by atoms with E-state index in [2.05, 4.69) is 19.2 Å². The van der Waals surface area contributed by atoms with E-state index in [-0.39, 0.29) is 17.6 Å². The van der Waals surface area contributed by atoms with Gasteiger partial charge in [-0.15, -0.1) is 0 Å². The lowest BCUT2D eigenvalue weighted by Gasteiger charge is -2.41. The number of hydrogen-bond acceptors (Lipinski definition) is 2. The first kappa shape index (κ1) is 18.8. The zero-order chi connectivity index (χ0) is 18.6. The minimum absolute atomic E-state index is 0.0152. The molecule has 0 aromatic heterocycles. The highest BCUT2D eigenvalue weighted by Crippen LogP contribution is 2.42. The summed E-state index contributed by atoms with van der Waals surface area (Å²) in [6.07, 6.45) is 3.71. The van der Waals surface area contributed by atoms with Crippen molar-refractivity contribution < 1.29 is 9.53 Å². The topological polar surface area (TPSA) is 38.3 Å². The number of carbonyl (C=O) groups excluding carboxylic acids is 1. The lowest BCUT2D eigenvalue weighted by molar-refractivity contribution is -0.122. The smallest absolute Gasteiger partial charge is 0.220 e. The standard InChI is InChI=1S/C22H26ClNO2/c1-3-22(4-2)15-19(17-10-6-8-12-20(17)26-22)24-21(25)14-13-16-9-5-7-11-18(16)23/h5-12,19H,3-4,13-15H2,1-2H3,(H,24,25). The maximum atomic E-state index is 12.6. The van der Waals surface area contributed by atoms with Crippen LogP contribution < -0.4 is 10.1 Å². The number of amides is 1. The third-order valence-electron chi connectivity index (χ3n) is 5.40. The first-order chi connectivity index (χ1) is 12.6. The van der Waals surface area contributed by atoms with Crippen LogP contribution in [0.25, 0.3) is 0 Å². The van der Waals surface area contributed by atoms with Crippen molar-refractivity contribution in [3.8, 4) is 5.75 Å². The number of ether oxygens (including phenoxy) is 1. The van der Waals surface area contributed by atoms with Crippen LogP contribution in [-0.4, -0.2) is 11.5 Å². The molecule has 1 N–H and O–H groups in total. The van der Waals surface area contributed by atoms with Gasteiger partial charge in [0.25, 0.3) is 0 Å². The molecule has 2 aromatic rings. The minimum Gasteiger partial charge on any atom is -0.487 e. The van der Waals surface area contributed by atoms with E-state index in [1.54, 1.807) is 0 Å². The highest BCUT2D eigenvalue weighted by atomic mass is 35.5. The van der Waals surface area contributed by atoms with Gasteiger partial charge in [-0.1, -0.05) is 61.8 Å². The number of para-hydroxylation sites is 1. The van der Waals surface area contributed by atoms with Crippen molar-refractivity contribution in [2.45, 2.75) is 57.6 Å². The van der Waals surface area contributed by atoms with Crippen molar-refractivity contribution in [3.63, 3.8) is 0 Å². The lowest BCUT2D eigenvalue weighted by atomic mass is 9.83. The van der Waals surface area contributed by atoms with Crippen molar-refractivity contribution in [3.05, 3.63) is 64.7 Å². The van der Waals surface area contributed by atoms with Gasteiger partial charge < -0.3 is 10.1 Å². The van der Waals surface area contributed by atoms with Gasteiger partial charge >= 0.3 is 0 Å². The molecule has 0 bridgehead atoms. The summed E-state index contributed by atoms with van der Waals surface area (Å²) in [5.74, 6) is 0.937. The molecule has 2 aromatic carbocycles. The van der Waals surface area contributed by atoms with E-state index >= 15 is 0 Å². The third kappa shape index (κ3) is 4.04. The van der Waals surface area contributed by atoms with E-state index in [1.807, 2.05) is 48.5 Å². The molecule has 1 aliphatic heterocycles. The van der Waals surface area contributed by atoms with Crippen LogP contribution in [0.3, 0.4) is 0 Å². The van der Waals surface area contributed by atoms with Crippen LogP contribution in [0.1, 0.15) is 56.7 Å². The monoisotopic (exact) mass is 371 g/mol. The predicted octanol–water partition coefficient (Wildman–Crippen LogP) is 5.47. The fourth-order valence-electron chi connectivity index (χ4n) is 3.65. The van der Waals surface area contributed by atoms with Crippen LogP contribution in [0.5, 0.6) is 5.75 Å². The Morgan fingerprint density at radius 3 is 2.58 bits per heavy atom. The van der Waals surface area contributed by atoms with Gasteiger partial charge in [0, 0.05) is 23.4 Å². The second-order valence-electron chi connectivity index (χ2n) is 6.95. The molecule has 0 spiro atoms. The quantitative estimate of drug-likeness (QED) is 0.731. The van der Waals surface area contributed by atoms with Crippen molar-refractivity contribution >= 4 is 17.5 Å². The van der Waals surface area contributed by atoms with E-state index in [0.29, 0.717) is 17.9 Å². The van der Waals surface area contributed by atoms with Crippen molar-refractivity contribution in [2.24, 2.45) is 0 Å². The molecule has 1 aliphatic rings. The first-order valence-electron chi connectivity index (χ1n) is 9.37. The molecule has 1 heterocycles. The maximum absolute atomic E-state index is 12.6. The maximum Gasteiger partial charge on any atom is 0.220 e. The zero-order valence-corrected chi connectivity index (χ0v) is 16.2. The molecule has 26 heavy (non-hydrogen) atoms. The summed E-state index contributed by atoms with van der Waals surface area (Å²) in [5, 5.41) is 3.94. The molecule has 0 radical (unpaired) electrons. The van der Waals surface area contributed by atoms with Crippen LogP contribution in [0.15, 0.2) is 48.5 Å². The SMILES string of the molecule is CCC1(CC)CC(NC(=O)CCc2ccccc2Cl)c2ccccc2O1. The molecule has 1 amide bonds. The van der Waals surface area contributed by atoms with Crippen LogP contribution in [0.4, 0.5) is 0 Å². The first-order valence-corrected chi connectivity index (χ1v) is 9.75. The number of aryl methyl sites for hydroxylation is 1. The van der Waals surface area contributed by atoms with Gasteiger partial charge in [0.2, 0.25) is 5.91 Å². The van der Waals surface area contributed by atoms with Gasteiger partial charge in [-0.25, -0.2) is 0 Å². The Kier molecular flexibility index (Phi) is 5.87. The van der Waals surface area contributed by atoms with Gasteiger partial charge in [0.15, 0.2) is 0 Å². The molecular weight excluding hydrogens is 346 g/mol. The average Bonchev–Trinajstić information content (AvgIpc) is 2.67. The summed E-state index contributed by atoms with van der Waals surface area (Å²) in [5.41, 5.74) is 1.86. The zero-order valence-electron chi connectivity index (χ0n) is 15.4. The summed E-state index contributed by atoms with van der Waals surface area (Å²) in [7, 11) is 0. The summed E-state index contributed by atoms with van der Waals surface area (Å²) in [6.45, 7) is 4.29.